The molecule has 1 fully saturated rings. The maximum atomic E-state index is 12.0. The number of fused-ring (bicyclic) bond motifs is 1. The summed E-state index contributed by atoms with van der Waals surface area (Å²) in [5.41, 5.74) is 2.35. The van der Waals surface area contributed by atoms with Crippen LogP contribution in [0.1, 0.15) is 25.3 Å². The van der Waals surface area contributed by atoms with Gasteiger partial charge >= 0.3 is 0 Å². The quantitative estimate of drug-likeness (QED) is 0.457. The van der Waals surface area contributed by atoms with Crippen molar-refractivity contribution >= 4 is 28.3 Å². The van der Waals surface area contributed by atoms with E-state index in [1.165, 1.54) is 13.4 Å². The minimum Gasteiger partial charge on any atom is -0.481 e. The van der Waals surface area contributed by atoms with Gasteiger partial charge in [-0.2, -0.15) is 4.98 Å². The van der Waals surface area contributed by atoms with E-state index >= 15 is 0 Å². The Bertz CT molecular complexity index is 1200. The molecule has 4 heterocycles. The number of nitrogens with one attached hydrogen (secondary N) is 1. The van der Waals surface area contributed by atoms with Crippen LogP contribution in [0, 0.1) is 0 Å². The standard InChI is InChI=1S/C20H25N7O5S/c1-4-15(28)27-6-5-14(10-27)32-20-16-18(22-11-23-20)26(2)17(25-16)12-7-13(9-24-33(29)30)19(31-3)21-8-12/h7-8,11,14,24H,4-6,9-10H2,1-3H3,(H,29,30). The van der Waals surface area contributed by atoms with E-state index in [9.17, 15) is 9.00 Å². The fourth-order valence-corrected chi connectivity index (χ4v) is 4.10. The molecule has 0 spiro atoms. The van der Waals surface area contributed by atoms with Crippen LogP contribution in [0.15, 0.2) is 18.6 Å². The summed E-state index contributed by atoms with van der Waals surface area (Å²) in [6.07, 6.45) is 4.06. The molecule has 0 saturated carbocycles. The number of carbonyl (C=O) groups is 1. The average Bonchev–Trinajstić information content (AvgIpc) is 3.42. The third-order valence-corrected chi connectivity index (χ3v) is 5.86. The number of hydrogen-bond acceptors (Lipinski definition) is 8. The number of aryl methyl sites for hydroxylation is 1. The molecule has 0 aromatic carbocycles. The fraction of sp³-hybridized carbons (Fsp3) is 0.450. The minimum atomic E-state index is -2.17. The summed E-state index contributed by atoms with van der Waals surface area (Å²) in [6, 6.07) is 1.78. The predicted octanol–water partition coefficient (Wildman–Crippen LogP) is 1.05. The average molecular weight is 476 g/mol. The van der Waals surface area contributed by atoms with Crippen molar-refractivity contribution in [2.24, 2.45) is 7.05 Å². The van der Waals surface area contributed by atoms with Crippen LogP contribution in [0.2, 0.25) is 0 Å². The van der Waals surface area contributed by atoms with Crippen LogP contribution in [0.3, 0.4) is 0 Å². The van der Waals surface area contributed by atoms with Crippen molar-refractivity contribution in [1.82, 2.24) is 34.1 Å². The third kappa shape index (κ3) is 4.79. The van der Waals surface area contributed by atoms with Crippen LogP contribution in [-0.2, 0) is 29.7 Å². The summed E-state index contributed by atoms with van der Waals surface area (Å²) in [5.74, 6) is 1.38. The van der Waals surface area contributed by atoms with Crippen molar-refractivity contribution < 1.29 is 23.0 Å². The van der Waals surface area contributed by atoms with Crippen molar-refractivity contribution in [3.8, 4) is 23.1 Å². The first-order valence-electron chi connectivity index (χ1n) is 10.4. The second kappa shape index (κ2) is 9.77. The monoisotopic (exact) mass is 475 g/mol. The molecule has 176 valence electrons. The molecule has 3 aromatic heterocycles. The highest BCUT2D eigenvalue weighted by atomic mass is 32.2. The number of aromatic nitrogens is 5. The Balaban J connectivity index is 1.64. The Morgan fingerprint density at radius 1 is 1.33 bits per heavy atom. The lowest BCUT2D eigenvalue weighted by atomic mass is 10.2. The van der Waals surface area contributed by atoms with Gasteiger partial charge in [0.1, 0.15) is 18.3 Å². The Labute approximate surface area is 192 Å². The van der Waals surface area contributed by atoms with Gasteiger partial charge in [-0.15, -0.1) is 0 Å². The number of likely N-dealkylation sites (tertiary alicyclic amines) is 1. The van der Waals surface area contributed by atoms with Crippen LogP contribution in [0.4, 0.5) is 0 Å². The van der Waals surface area contributed by atoms with Crippen LogP contribution in [-0.4, -0.2) is 70.4 Å². The molecule has 2 unspecified atom stereocenters. The second-order valence-corrected chi connectivity index (χ2v) is 8.32. The van der Waals surface area contributed by atoms with E-state index in [2.05, 4.69) is 19.7 Å². The number of pyridine rings is 1. The molecular formula is C20H25N7O5S. The predicted molar refractivity (Wildman–Crippen MR) is 120 cm³/mol. The van der Waals surface area contributed by atoms with Crippen molar-refractivity contribution in [1.29, 1.82) is 0 Å². The molecule has 0 aliphatic carbocycles. The summed E-state index contributed by atoms with van der Waals surface area (Å²) in [7, 11) is 3.30. The zero-order valence-corrected chi connectivity index (χ0v) is 19.3. The van der Waals surface area contributed by atoms with Crippen LogP contribution in [0.25, 0.3) is 22.6 Å². The highest BCUT2D eigenvalue weighted by Crippen LogP contribution is 2.30. The SMILES string of the molecule is CCC(=O)N1CCC(Oc2ncnc3c2nc(-c2cnc(OC)c(CNS(=O)O)c2)n3C)C1. The number of hydrogen-bond donors (Lipinski definition) is 2. The van der Waals surface area contributed by atoms with Gasteiger partial charge in [0, 0.05) is 50.3 Å². The number of amides is 1. The molecule has 12 nitrogen and oxygen atoms in total. The van der Waals surface area contributed by atoms with E-state index in [0.29, 0.717) is 59.4 Å². The molecule has 0 radical (unpaired) electrons. The highest BCUT2D eigenvalue weighted by molar-refractivity contribution is 7.77. The summed E-state index contributed by atoms with van der Waals surface area (Å²) in [4.78, 5) is 31.4. The number of imidazole rings is 1. The van der Waals surface area contributed by atoms with E-state index in [-0.39, 0.29) is 18.6 Å². The molecule has 0 bridgehead atoms. The molecule has 1 saturated heterocycles. The molecule has 2 N–H and O–H groups in total. The molecule has 4 rings (SSSR count). The maximum absolute atomic E-state index is 12.0. The van der Waals surface area contributed by atoms with Gasteiger partial charge in [-0.1, -0.05) is 6.92 Å². The topological polar surface area (TPSA) is 145 Å². The van der Waals surface area contributed by atoms with Crippen molar-refractivity contribution in [2.75, 3.05) is 20.2 Å². The Morgan fingerprint density at radius 2 is 2.15 bits per heavy atom. The molecule has 1 amide bonds. The summed E-state index contributed by atoms with van der Waals surface area (Å²) >= 11 is -2.17. The van der Waals surface area contributed by atoms with Crippen molar-refractivity contribution in [3.63, 3.8) is 0 Å². The first-order chi connectivity index (χ1) is 15.9. The lowest BCUT2D eigenvalue weighted by Gasteiger charge is -2.16. The summed E-state index contributed by atoms with van der Waals surface area (Å²) in [5, 5.41) is 0. The number of nitrogens with zero attached hydrogens (tertiary/aromatic N) is 6. The van der Waals surface area contributed by atoms with Crippen LogP contribution < -0.4 is 14.2 Å². The molecule has 2 atom stereocenters. The Kier molecular flexibility index (Phi) is 6.81. The van der Waals surface area contributed by atoms with E-state index in [1.54, 1.807) is 21.7 Å². The van der Waals surface area contributed by atoms with Crippen LogP contribution >= 0.6 is 0 Å². The van der Waals surface area contributed by atoms with Gasteiger partial charge in [-0.05, 0) is 6.07 Å². The van der Waals surface area contributed by atoms with Gasteiger partial charge in [0.25, 0.3) is 0 Å². The summed E-state index contributed by atoms with van der Waals surface area (Å²) in [6.45, 7) is 3.10. The first-order valence-corrected chi connectivity index (χ1v) is 11.5. The molecular weight excluding hydrogens is 450 g/mol. The van der Waals surface area contributed by atoms with Gasteiger partial charge in [-0.3, -0.25) is 9.35 Å². The van der Waals surface area contributed by atoms with Crippen molar-refractivity contribution in [3.05, 3.63) is 24.2 Å². The highest BCUT2D eigenvalue weighted by Gasteiger charge is 2.28. The molecule has 1 aliphatic rings. The lowest BCUT2D eigenvalue weighted by Crippen LogP contribution is -2.30. The fourth-order valence-electron chi connectivity index (χ4n) is 3.83. The van der Waals surface area contributed by atoms with E-state index in [0.717, 1.165) is 6.42 Å². The number of ether oxygens (including phenoxy) is 2. The van der Waals surface area contributed by atoms with Gasteiger partial charge in [-0.25, -0.2) is 23.9 Å². The van der Waals surface area contributed by atoms with Gasteiger partial charge in [0.2, 0.25) is 28.9 Å². The van der Waals surface area contributed by atoms with E-state index in [4.69, 9.17) is 19.0 Å². The van der Waals surface area contributed by atoms with E-state index in [1.807, 2.05) is 14.0 Å². The summed E-state index contributed by atoms with van der Waals surface area (Å²) < 4.78 is 35.7. The number of rotatable bonds is 8. The smallest absolute Gasteiger partial charge is 0.245 e. The van der Waals surface area contributed by atoms with Gasteiger partial charge in [0.15, 0.2) is 11.2 Å². The second-order valence-electron chi connectivity index (χ2n) is 7.53. The molecule has 1 aliphatic heterocycles. The van der Waals surface area contributed by atoms with Gasteiger partial charge in [0.05, 0.1) is 13.7 Å². The Hall–Kier alpha value is -3.16. The zero-order valence-electron chi connectivity index (χ0n) is 18.5. The molecule has 13 heteroatoms. The van der Waals surface area contributed by atoms with E-state index < -0.39 is 11.3 Å². The minimum absolute atomic E-state index is 0.0832. The Morgan fingerprint density at radius 3 is 2.88 bits per heavy atom. The van der Waals surface area contributed by atoms with Gasteiger partial charge < -0.3 is 18.9 Å². The number of carbonyl (C=O) groups excluding carboxylic acids is 1. The molecule has 33 heavy (non-hydrogen) atoms. The van der Waals surface area contributed by atoms with Crippen molar-refractivity contribution in [2.45, 2.75) is 32.4 Å². The number of methoxy groups -OCH3 is 1. The normalized spacial score (nSPS) is 16.8. The van der Waals surface area contributed by atoms with Crippen LogP contribution in [0.5, 0.6) is 11.8 Å². The largest absolute Gasteiger partial charge is 0.481 e. The zero-order chi connectivity index (χ0) is 23.5. The first kappa shape index (κ1) is 23.0. The lowest BCUT2D eigenvalue weighted by molar-refractivity contribution is -0.130. The molecule has 3 aromatic rings. The maximum Gasteiger partial charge on any atom is 0.245 e. The third-order valence-electron chi connectivity index (χ3n) is 5.46.